The van der Waals surface area contributed by atoms with E-state index in [0.717, 1.165) is 16.9 Å². The summed E-state index contributed by atoms with van der Waals surface area (Å²) < 4.78 is 17.9. The zero-order valence-electron chi connectivity index (χ0n) is 22.7. The molecule has 0 radical (unpaired) electrons. The molecule has 1 fully saturated rings. The van der Waals surface area contributed by atoms with Gasteiger partial charge in [0.05, 0.1) is 21.3 Å². The lowest BCUT2D eigenvalue weighted by Gasteiger charge is -2.21. The van der Waals surface area contributed by atoms with Gasteiger partial charge in [0.15, 0.2) is 11.4 Å². The summed E-state index contributed by atoms with van der Waals surface area (Å²) in [6.45, 7) is 2.62. The van der Waals surface area contributed by atoms with Crippen molar-refractivity contribution in [1.29, 1.82) is 0 Å². The summed E-state index contributed by atoms with van der Waals surface area (Å²) in [7, 11) is 4.55. The minimum absolute atomic E-state index is 0.0179. The predicted molar refractivity (Wildman–Crippen MR) is 149 cm³/mol. The summed E-state index contributed by atoms with van der Waals surface area (Å²) in [4.78, 5) is 38.2. The summed E-state index contributed by atoms with van der Waals surface area (Å²) >= 11 is 0. The third-order valence-electron chi connectivity index (χ3n) is 7.09. The molecule has 0 saturated carbocycles. The van der Waals surface area contributed by atoms with Crippen LogP contribution in [0.2, 0.25) is 0 Å². The van der Waals surface area contributed by atoms with E-state index in [1.54, 1.807) is 42.5 Å². The largest absolute Gasteiger partial charge is 0.496 e. The molecule has 1 aliphatic rings. The first kappa shape index (κ1) is 26.7. The fourth-order valence-corrected chi connectivity index (χ4v) is 5.19. The van der Waals surface area contributed by atoms with Crippen LogP contribution < -0.4 is 19.8 Å². The molecule has 4 aromatic rings. The molecule has 2 aromatic heterocycles. The maximum atomic E-state index is 14.2. The van der Waals surface area contributed by atoms with Crippen LogP contribution in [0.5, 0.6) is 23.1 Å². The molecule has 0 aliphatic carbocycles. The zero-order valence-corrected chi connectivity index (χ0v) is 22.7. The second-order valence-electron chi connectivity index (χ2n) is 9.52. The van der Waals surface area contributed by atoms with Crippen LogP contribution in [0.25, 0.3) is 17.1 Å². The third-order valence-corrected chi connectivity index (χ3v) is 7.09. The third kappa shape index (κ3) is 4.72. The van der Waals surface area contributed by atoms with Crippen LogP contribution in [0, 0.1) is 6.92 Å². The Bertz CT molecular complexity index is 1610. The monoisotopic (exact) mass is 542 g/mol. The number of nitrogens with zero attached hydrogens (tertiary/aromatic N) is 4. The molecule has 1 amide bonds. The molecule has 10 nitrogen and oxygen atoms in total. The minimum Gasteiger partial charge on any atom is -0.496 e. The van der Waals surface area contributed by atoms with Crippen LogP contribution in [0.1, 0.15) is 33.8 Å². The van der Waals surface area contributed by atoms with Gasteiger partial charge < -0.3 is 24.2 Å². The van der Waals surface area contributed by atoms with Crippen molar-refractivity contribution >= 4 is 5.91 Å². The molecule has 0 spiro atoms. The number of ether oxygens (including phenoxy) is 3. The maximum absolute atomic E-state index is 14.2. The number of hydrogen-bond donors (Lipinski definition) is 1. The molecule has 206 valence electrons. The van der Waals surface area contributed by atoms with Crippen LogP contribution >= 0.6 is 0 Å². The first-order valence-corrected chi connectivity index (χ1v) is 12.8. The van der Waals surface area contributed by atoms with Gasteiger partial charge in [0.25, 0.3) is 11.5 Å². The van der Waals surface area contributed by atoms with Crippen molar-refractivity contribution in [2.45, 2.75) is 19.3 Å². The standard InChI is InChI=1S/C30H30N4O6/c1-18-14-20(16-31-15-18)27-32-28(35)25(30(37)34(27)26-23(39-3)10-7-11-24(26)40-4)29(36)33-13-12-19(17-33)21-8-5-6-9-22(21)38-2/h5-11,14-16,19,35H,12-13,17H2,1-4H3. The van der Waals surface area contributed by atoms with E-state index in [4.69, 9.17) is 14.2 Å². The summed E-state index contributed by atoms with van der Waals surface area (Å²) in [6.07, 6.45) is 3.88. The van der Waals surface area contributed by atoms with Gasteiger partial charge in [-0.1, -0.05) is 24.3 Å². The highest BCUT2D eigenvalue weighted by atomic mass is 16.5. The molecule has 1 aliphatic heterocycles. The number of methoxy groups -OCH3 is 3. The first-order chi connectivity index (χ1) is 19.4. The average Bonchev–Trinajstić information content (AvgIpc) is 3.47. The molecular formula is C30H30N4O6. The van der Waals surface area contributed by atoms with Gasteiger partial charge in [0, 0.05) is 37.0 Å². The quantitative estimate of drug-likeness (QED) is 0.373. The Morgan fingerprint density at radius 2 is 1.65 bits per heavy atom. The molecular weight excluding hydrogens is 512 g/mol. The highest BCUT2D eigenvalue weighted by molar-refractivity contribution is 5.96. The highest BCUT2D eigenvalue weighted by Gasteiger charge is 2.34. The summed E-state index contributed by atoms with van der Waals surface area (Å²) in [5, 5.41) is 11.0. The van der Waals surface area contributed by atoms with Crippen molar-refractivity contribution < 1.29 is 24.1 Å². The van der Waals surface area contributed by atoms with Crippen molar-refractivity contribution in [1.82, 2.24) is 19.4 Å². The fourth-order valence-electron chi connectivity index (χ4n) is 5.19. The first-order valence-electron chi connectivity index (χ1n) is 12.8. The average molecular weight is 543 g/mol. The van der Waals surface area contributed by atoms with Crippen molar-refractivity contribution in [2.75, 3.05) is 34.4 Å². The van der Waals surface area contributed by atoms with Gasteiger partial charge in [0.1, 0.15) is 22.9 Å². The van der Waals surface area contributed by atoms with E-state index in [1.165, 1.54) is 25.0 Å². The molecule has 2 aromatic carbocycles. The second kappa shape index (κ2) is 11.1. The van der Waals surface area contributed by atoms with Gasteiger partial charge in [-0.25, -0.2) is 0 Å². The number of aromatic hydroxyl groups is 1. The number of para-hydroxylation sites is 2. The highest BCUT2D eigenvalue weighted by Crippen LogP contribution is 2.37. The Hall–Kier alpha value is -4.86. The Kier molecular flexibility index (Phi) is 7.41. The van der Waals surface area contributed by atoms with Gasteiger partial charge in [-0.15, -0.1) is 0 Å². The summed E-state index contributed by atoms with van der Waals surface area (Å²) in [5.41, 5.74) is 1.35. The van der Waals surface area contributed by atoms with Gasteiger partial charge in [-0.2, -0.15) is 4.98 Å². The van der Waals surface area contributed by atoms with Crippen molar-refractivity contribution in [3.8, 4) is 40.2 Å². The molecule has 1 N–H and O–H groups in total. The minimum atomic E-state index is -0.752. The smallest absolute Gasteiger partial charge is 0.275 e. The molecule has 5 rings (SSSR count). The number of benzene rings is 2. The number of aryl methyl sites for hydroxylation is 1. The van der Waals surface area contributed by atoms with Crippen molar-refractivity contribution in [3.05, 3.63) is 88.0 Å². The van der Waals surface area contributed by atoms with Crippen LogP contribution in [0.4, 0.5) is 0 Å². The van der Waals surface area contributed by atoms with E-state index in [2.05, 4.69) is 9.97 Å². The number of rotatable bonds is 7. The SMILES string of the molecule is COc1ccccc1C1CCN(C(=O)c2c(O)nc(-c3cncc(C)c3)n(-c3c(OC)cccc3OC)c2=O)C1. The van der Waals surface area contributed by atoms with Gasteiger partial charge in [-0.05, 0) is 48.7 Å². The Morgan fingerprint density at radius 1 is 0.975 bits per heavy atom. The van der Waals surface area contributed by atoms with Gasteiger partial charge >= 0.3 is 0 Å². The normalized spacial score (nSPS) is 14.7. The lowest BCUT2D eigenvalue weighted by molar-refractivity contribution is 0.0784. The molecule has 0 bridgehead atoms. The molecule has 1 atom stereocenters. The number of pyridine rings is 1. The number of carbonyl (C=O) groups is 1. The van der Waals surface area contributed by atoms with E-state index >= 15 is 0 Å². The maximum Gasteiger partial charge on any atom is 0.275 e. The lowest BCUT2D eigenvalue weighted by Crippen LogP contribution is -2.36. The number of amides is 1. The van der Waals surface area contributed by atoms with E-state index < -0.39 is 22.9 Å². The van der Waals surface area contributed by atoms with Crippen LogP contribution in [0.3, 0.4) is 0 Å². The van der Waals surface area contributed by atoms with Gasteiger partial charge in [0.2, 0.25) is 5.88 Å². The number of likely N-dealkylation sites (tertiary alicyclic amines) is 1. The van der Waals surface area contributed by atoms with E-state index in [1.807, 2.05) is 31.2 Å². The Balaban J connectivity index is 1.65. The number of carbonyl (C=O) groups excluding carboxylic acids is 1. The van der Waals surface area contributed by atoms with E-state index in [9.17, 15) is 14.7 Å². The van der Waals surface area contributed by atoms with Crippen molar-refractivity contribution in [3.63, 3.8) is 0 Å². The number of aromatic nitrogens is 3. The van der Waals surface area contributed by atoms with Crippen LogP contribution in [-0.4, -0.2) is 64.9 Å². The van der Waals surface area contributed by atoms with E-state index in [-0.39, 0.29) is 17.4 Å². The lowest BCUT2D eigenvalue weighted by atomic mass is 9.97. The molecule has 1 saturated heterocycles. The van der Waals surface area contributed by atoms with E-state index in [0.29, 0.717) is 36.6 Å². The fraction of sp³-hybridized carbons (Fsp3) is 0.267. The second-order valence-corrected chi connectivity index (χ2v) is 9.52. The zero-order chi connectivity index (χ0) is 28.4. The molecule has 1 unspecified atom stereocenters. The Labute approximate surface area is 231 Å². The van der Waals surface area contributed by atoms with Crippen LogP contribution in [0.15, 0.2) is 65.7 Å². The number of hydrogen-bond acceptors (Lipinski definition) is 8. The molecule has 40 heavy (non-hydrogen) atoms. The molecule has 10 heteroatoms. The summed E-state index contributed by atoms with van der Waals surface area (Å²) in [6, 6.07) is 14.5. The van der Waals surface area contributed by atoms with Crippen molar-refractivity contribution in [2.24, 2.45) is 0 Å². The topological polar surface area (TPSA) is 116 Å². The molecule has 3 heterocycles. The predicted octanol–water partition coefficient (Wildman–Crippen LogP) is 3.96. The Morgan fingerprint density at radius 3 is 2.33 bits per heavy atom. The summed E-state index contributed by atoms with van der Waals surface area (Å²) in [5.74, 6) is 0.239. The van der Waals surface area contributed by atoms with Gasteiger partial charge in [-0.3, -0.25) is 19.1 Å². The van der Waals surface area contributed by atoms with Crippen LogP contribution in [-0.2, 0) is 0 Å².